The maximum atomic E-state index is 5.61. The normalized spacial score (nSPS) is 10.6. The Morgan fingerprint density at radius 1 is 1.18 bits per heavy atom. The molecule has 0 aliphatic rings. The molecule has 0 aromatic heterocycles. The largest absolute Gasteiger partial charge is 0.493 e. The molecule has 0 N–H and O–H groups in total. The first-order valence-electron chi connectivity index (χ1n) is 5.64. The van der Waals surface area contributed by atoms with Gasteiger partial charge in [-0.05, 0) is 31.5 Å². The minimum atomic E-state index is 0.233. The Labute approximate surface area is 111 Å². The molecule has 0 amide bonds. The summed E-state index contributed by atoms with van der Waals surface area (Å²) in [4.78, 5) is 0. The zero-order chi connectivity index (χ0) is 12.7. The maximum Gasteiger partial charge on any atom is 0.161 e. The van der Waals surface area contributed by atoms with E-state index >= 15 is 0 Å². The van der Waals surface area contributed by atoms with Crippen LogP contribution in [0.3, 0.4) is 0 Å². The molecule has 0 saturated heterocycles. The molecule has 0 heterocycles. The maximum absolute atomic E-state index is 5.61. The summed E-state index contributed by atoms with van der Waals surface area (Å²) in [6.45, 7) is 5.12. The van der Waals surface area contributed by atoms with Crippen molar-refractivity contribution >= 4 is 15.9 Å². The van der Waals surface area contributed by atoms with Crippen LogP contribution >= 0.6 is 15.9 Å². The van der Waals surface area contributed by atoms with Gasteiger partial charge in [0.05, 0.1) is 19.8 Å². The van der Waals surface area contributed by atoms with E-state index in [0.717, 1.165) is 22.4 Å². The molecule has 0 unspecified atom stereocenters. The molecule has 0 bridgehead atoms. The van der Waals surface area contributed by atoms with E-state index in [2.05, 4.69) is 15.9 Å². The number of hydrogen-bond donors (Lipinski definition) is 0. The number of rotatable bonds is 7. The lowest BCUT2D eigenvalue weighted by molar-refractivity contribution is 0.0547. The molecule has 1 rings (SSSR count). The van der Waals surface area contributed by atoms with Gasteiger partial charge >= 0.3 is 0 Å². The van der Waals surface area contributed by atoms with E-state index in [1.807, 2.05) is 32.0 Å². The summed E-state index contributed by atoms with van der Waals surface area (Å²) >= 11 is 3.41. The van der Waals surface area contributed by atoms with Crippen LogP contribution in [0.15, 0.2) is 18.2 Å². The van der Waals surface area contributed by atoms with Gasteiger partial charge in [-0.3, -0.25) is 0 Å². The first kappa shape index (κ1) is 14.3. The summed E-state index contributed by atoms with van der Waals surface area (Å²) in [5, 5.41) is 0.806. The van der Waals surface area contributed by atoms with Crippen LogP contribution in [-0.4, -0.2) is 26.4 Å². The van der Waals surface area contributed by atoms with E-state index in [4.69, 9.17) is 14.2 Å². The summed E-state index contributed by atoms with van der Waals surface area (Å²) in [6, 6.07) is 5.90. The summed E-state index contributed by atoms with van der Waals surface area (Å²) < 4.78 is 16.3. The van der Waals surface area contributed by atoms with Crippen molar-refractivity contribution in [3.8, 4) is 11.5 Å². The molecular weight excluding hydrogens is 284 g/mol. The van der Waals surface area contributed by atoms with Gasteiger partial charge in [0.15, 0.2) is 11.5 Å². The fourth-order valence-electron chi connectivity index (χ4n) is 1.35. The molecule has 0 atom stereocenters. The summed E-state index contributed by atoms with van der Waals surface area (Å²) in [6.07, 6.45) is 0.233. The molecule has 0 radical (unpaired) electrons. The van der Waals surface area contributed by atoms with E-state index < -0.39 is 0 Å². The molecule has 0 spiro atoms. The topological polar surface area (TPSA) is 27.7 Å². The Morgan fingerprint density at radius 3 is 2.53 bits per heavy atom. The van der Waals surface area contributed by atoms with Crippen LogP contribution in [0.2, 0.25) is 0 Å². The summed E-state index contributed by atoms with van der Waals surface area (Å²) in [5.74, 6) is 1.51. The number of ether oxygens (including phenoxy) is 3. The lowest BCUT2D eigenvalue weighted by Gasteiger charge is -2.12. The van der Waals surface area contributed by atoms with Crippen molar-refractivity contribution in [3.05, 3.63) is 23.8 Å². The fraction of sp³-hybridized carbons (Fsp3) is 0.538. The Balaban J connectivity index is 2.52. The Bertz CT molecular complexity index is 339. The highest BCUT2D eigenvalue weighted by atomic mass is 79.9. The number of benzene rings is 1. The molecule has 1 aromatic rings. The van der Waals surface area contributed by atoms with Crippen molar-refractivity contribution in [3.63, 3.8) is 0 Å². The van der Waals surface area contributed by atoms with Crippen LogP contribution in [-0.2, 0) is 10.1 Å². The van der Waals surface area contributed by atoms with Crippen LogP contribution in [0.4, 0.5) is 0 Å². The van der Waals surface area contributed by atoms with Crippen molar-refractivity contribution in [1.82, 2.24) is 0 Å². The molecule has 96 valence electrons. The fourth-order valence-corrected chi connectivity index (χ4v) is 1.70. The van der Waals surface area contributed by atoms with Crippen LogP contribution in [0.25, 0.3) is 0 Å². The lowest BCUT2D eigenvalue weighted by Crippen LogP contribution is -2.11. The van der Waals surface area contributed by atoms with Crippen molar-refractivity contribution in [2.75, 3.05) is 20.3 Å². The van der Waals surface area contributed by atoms with Gasteiger partial charge in [-0.1, -0.05) is 22.0 Å². The Kier molecular flexibility index (Phi) is 6.37. The van der Waals surface area contributed by atoms with Crippen molar-refractivity contribution in [2.45, 2.75) is 25.3 Å². The molecule has 0 aliphatic heterocycles. The van der Waals surface area contributed by atoms with Gasteiger partial charge in [-0.25, -0.2) is 0 Å². The third kappa shape index (κ3) is 4.96. The minimum Gasteiger partial charge on any atom is -0.493 e. The quantitative estimate of drug-likeness (QED) is 0.571. The van der Waals surface area contributed by atoms with Gasteiger partial charge in [0, 0.05) is 5.33 Å². The van der Waals surface area contributed by atoms with Crippen LogP contribution in [0.5, 0.6) is 11.5 Å². The van der Waals surface area contributed by atoms with Crippen LogP contribution in [0.1, 0.15) is 19.4 Å². The first-order valence-corrected chi connectivity index (χ1v) is 6.76. The van der Waals surface area contributed by atoms with Gasteiger partial charge in [-0.15, -0.1) is 0 Å². The average molecular weight is 303 g/mol. The van der Waals surface area contributed by atoms with Gasteiger partial charge < -0.3 is 14.2 Å². The second-order valence-corrected chi connectivity index (χ2v) is 4.45. The van der Waals surface area contributed by atoms with E-state index in [1.165, 1.54) is 0 Å². The second kappa shape index (κ2) is 7.56. The molecular formula is C13H19BrO3. The van der Waals surface area contributed by atoms with Crippen molar-refractivity contribution < 1.29 is 14.2 Å². The molecule has 3 nitrogen and oxygen atoms in total. The molecule has 17 heavy (non-hydrogen) atoms. The van der Waals surface area contributed by atoms with E-state index in [-0.39, 0.29) is 6.10 Å². The SMILES string of the molecule is COc1cc(CBr)ccc1OCCOC(C)C. The third-order valence-corrected chi connectivity index (χ3v) is 2.82. The highest BCUT2D eigenvalue weighted by Gasteiger charge is 2.05. The van der Waals surface area contributed by atoms with Gasteiger partial charge in [0.25, 0.3) is 0 Å². The van der Waals surface area contributed by atoms with Crippen LogP contribution < -0.4 is 9.47 Å². The molecule has 0 saturated carbocycles. The standard InChI is InChI=1S/C13H19BrO3/c1-10(2)16-6-7-17-12-5-4-11(9-14)8-13(12)15-3/h4-5,8,10H,6-7,9H2,1-3H3. The molecule has 1 aromatic carbocycles. The summed E-state index contributed by atoms with van der Waals surface area (Å²) in [7, 11) is 1.64. The third-order valence-electron chi connectivity index (χ3n) is 2.17. The minimum absolute atomic E-state index is 0.233. The number of halogens is 1. The number of methoxy groups -OCH3 is 1. The molecule has 4 heteroatoms. The molecule has 0 fully saturated rings. The van der Waals surface area contributed by atoms with Gasteiger partial charge in [-0.2, -0.15) is 0 Å². The smallest absolute Gasteiger partial charge is 0.161 e. The van der Waals surface area contributed by atoms with Gasteiger partial charge in [0.1, 0.15) is 6.61 Å². The Hall–Kier alpha value is -0.740. The zero-order valence-electron chi connectivity index (χ0n) is 10.5. The van der Waals surface area contributed by atoms with Gasteiger partial charge in [0.2, 0.25) is 0 Å². The average Bonchev–Trinajstić information content (AvgIpc) is 2.34. The predicted octanol–water partition coefficient (Wildman–Crippen LogP) is 3.39. The number of alkyl halides is 1. The number of hydrogen-bond acceptors (Lipinski definition) is 3. The zero-order valence-corrected chi connectivity index (χ0v) is 12.1. The highest BCUT2D eigenvalue weighted by Crippen LogP contribution is 2.28. The second-order valence-electron chi connectivity index (χ2n) is 3.89. The summed E-state index contributed by atoms with van der Waals surface area (Å²) in [5.41, 5.74) is 1.16. The lowest BCUT2D eigenvalue weighted by atomic mass is 10.2. The first-order chi connectivity index (χ1) is 8.17. The van der Waals surface area contributed by atoms with E-state index in [9.17, 15) is 0 Å². The van der Waals surface area contributed by atoms with Crippen molar-refractivity contribution in [2.24, 2.45) is 0 Å². The van der Waals surface area contributed by atoms with Crippen LogP contribution in [0, 0.1) is 0 Å². The Morgan fingerprint density at radius 2 is 1.94 bits per heavy atom. The monoisotopic (exact) mass is 302 g/mol. The molecule has 0 aliphatic carbocycles. The van der Waals surface area contributed by atoms with E-state index in [1.54, 1.807) is 7.11 Å². The van der Waals surface area contributed by atoms with Crippen molar-refractivity contribution in [1.29, 1.82) is 0 Å². The van der Waals surface area contributed by atoms with E-state index in [0.29, 0.717) is 13.2 Å². The predicted molar refractivity (Wildman–Crippen MR) is 72.2 cm³/mol. The highest BCUT2D eigenvalue weighted by molar-refractivity contribution is 9.08.